The third-order valence-corrected chi connectivity index (χ3v) is 2.58. The summed E-state index contributed by atoms with van der Waals surface area (Å²) in [5.41, 5.74) is -1.51. The third-order valence-electron chi connectivity index (χ3n) is 2.58. The van der Waals surface area contributed by atoms with Gasteiger partial charge < -0.3 is 9.84 Å². The van der Waals surface area contributed by atoms with Gasteiger partial charge in [-0.3, -0.25) is 4.79 Å². The van der Waals surface area contributed by atoms with Crippen molar-refractivity contribution in [1.29, 1.82) is 0 Å². The maximum atomic E-state index is 10.8. The summed E-state index contributed by atoms with van der Waals surface area (Å²) in [6, 6.07) is 0. The first-order chi connectivity index (χ1) is 6.13. The molecule has 0 unspecified atom stereocenters. The summed E-state index contributed by atoms with van der Waals surface area (Å²) in [7, 11) is 0. The molecule has 3 heteroatoms. The number of hydrogen-bond donors (Lipinski definition) is 1. The number of carbonyl (C=O) groups is 1. The fraction of sp³-hybridized carbons (Fsp3) is 0.727. The number of esters is 1. The minimum atomic E-state index is -1.12. The van der Waals surface area contributed by atoms with Crippen LogP contribution in [-0.4, -0.2) is 22.8 Å². The highest BCUT2D eigenvalue weighted by molar-refractivity contribution is 5.66. The summed E-state index contributed by atoms with van der Waals surface area (Å²) in [5.74, 6) is -0.417. The summed E-state index contributed by atoms with van der Waals surface area (Å²) < 4.78 is 4.98. The van der Waals surface area contributed by atoms with E-state index in [4.69, 9.17) is 4.74 Å². The van der Waals surface area contributed by atoms with Gasteiger partial charge in [-0.25, -0.2) is 0 Å². The fourth-order valence-corrected chi connectivity index (χ4v) is 0.998. The van der Waals surface area contributed by atoms with E-state index in [0.717, 1.165) is 0 Å². The van der Waals surface area contributed by atoms with E-state index in [-0.39, 0.29) is 5.41 Å². The molecule has 0 aromatic carbocycles. The lowest BCUT2D eigenvalue weighted by atomic mass is 9.74. The molecule has 0 radical (unpaired) electrons. The number of rotatable bonds is 3. The van der Waals surface area contributed by atoms with E-state index >= 15 is 0 Å². The molecule has 0 saturated carbocycles. The second-order valence-electron chi connectivity index (χ2n) is 4.66. The lowest BCUT2D eigenvalue weighted by Crippen LogP contribution is -2.50. The van der Waals surface area contributed by atoms with Gasteiger partial charge in [0.05, 0.1) is 0 Å². The minimum absolute atomic E-state index is 0.388. The standard InChI is InChI=1S/C11H20O3/c1-7-9(14-8(2)12)11(6,13)10(3,4)5/h7,9,13H,1H2,2-6H3/t9-,11+/m0/s1. The fourth-order valence-electron chi connectivity index (χ4n) is 0.998. The highest BCUT2D eigenvalue weighted by atomic mass is 16.6. The summed E-state index contributed by atoms with van der Waals surface area (Å²) in [6.07, 6.45) is 0.770. The first-order valence-electron chi connectivity index (χ1n) is 4.65. The largest absolute Gasteiger partial charge is 0.455 e. The molecule has 0 aliphatic carbocycles. The molecule has 0 rings (SSSR count). The Kier molecular flexibility index (Phi) is 3.89. The van der Waals surface area contributed by atoms with Gasteiger partial charge in [0.2, 0.25) is 0 Å². The molecule has 0 amide bonds. The third kappa shape index (κ3) is 2.84. The van der Waals surface area contributed by atoms with Crippen LogP contribution in [0, 0.1) is 5.41 Å². The number of carbonyl (C=O) groups excluding carboxylic acids is 1. The zero-order valence-electron chi connectivity index (χ0n) is 9.63. The SMILES string of the molecule is C=C[C@H](OC(C)=O)[C@@](C)(O)C(C)(C)C. The average Bonchev–Trinajstić information content (AvgIpc) is 1.97. The molecule has 3 nitrogen and oxygen atoms in total. The predicted molar refractivity (Wildman–Crippen MR) is 55.8 cm³/mol. The van der Waals surface area contributed by atoms with E-state index in [2.05, 4.69) is 6.58 Å². The maximum Gasteiger partial charge on any atom is 0.303 e. The van der Waals surface area contributed by atoms with E-state index in [1.807, 2.05) is 20.8 Å². The van der Waals surface area contributed by atoms with Gasteiger partial charge in [-0.2, -0.15) is 0 Å². The highest BCUT2D eigenvalue weighted by Crippen LogP contribution is 2.34. The van der Waals surface area contributed by atoms with Crippen molar-refractivity contribution < 1.29 is 14.6 Å². The minimum Gasteiger partial charge on any atom is -0.455 e. The molecule has 0 fully saturated rings. The molecule has 0 spiro atoms. The normalized spacial score (nSPS) is 18.1. The summed E-state index contributed by atoms with van der Waals surface area (Å²) >= 11 is 0. The van der Waals surface area contributed by atoms with Gasteiger partial charge in [-0.1, -0.05) is 27.4 Å². The van der Waals surface area contributed by atoms with Crippen molar-refractivity contribution in [2.24, 2.45) is 5.41 Å². The summed E-state index contributed by atoms with van der Waals surface area (Å²) in [6.45, 7) is 12.2. The Morgan fingerprint density at radius 3 is 2.07 bits per heavy atom. The van der Waals surface area contributed by atoms with Crippen molar-refractivity contribution in [2.45, 2.75) is 46.3 Å². The Balaban J connectivity index is 4.83. The quantitative estimate of drug-likeness (QED) is 0.559. The Bertz CT molecular complexity index is 223. The summed E-state index contributed by atoms with van der Waals surface area (Å²) in [5, 5.41) is 10.2. The van der Waals surface area contributed by atoms with Crippen LogP contribution in [0.4, 0.5) is 0 Å². The van der Waals surface area contributed by atoms with Crippen molar-refractivity contribution >= 4 is 5.97 Å². The zero-order valence-corrected chi connectivity index (χ0v) is 9.63. The van der Waals surface area contributed by atoms with Crippen molar-refractivity contribution in [1.82, 2.24) is 0 Å². The smallest absolute Gasteiger partial charge is 0.303 e. The van der Waals surface area contributed by atoms with Crippen LogP contribution in [0.1, 0.15) is 34.6 Å². The van der Waals surface area contributed by atoms with Crippen LogP contribution < -0.4 is 0 Å². The molecule has 14 heavy (non-hydrogen) atoms. The van der Waals surface area contributed by atoms with Crippen molar-refractivity contribution in [3.05, 3.63) is 12.7 Å². The van der Waals surface area contributed by atoms with Gasteiger partial charge in [0.25, 0.3) is 0 Å². The molecule has 0 aliphatic heterocycles. The van der Waals surface area contributed by atoms with Gasteiger partial charge in [-0.05, 0) is 18.4 Å². The molecule has 0 heterocycles. The predicted octanol–water partition coefficient (Wildman–Crippen LogP) is 1.90. The molecule has 0 saturated heterocycles. The Hall–Kier alpha value is -0.830. The van der Waals surface area contributed by atoms with E-state index in [9.17, 15) is 9.90 Å². The van der Waals surface area contributed by atoms with Crippen LogP contribution in [0.15, 0.2) is 12.7 Å². The van der Waals surface area contributed by atoms with Crippen LogP contribution >= 0.6 is 0 Å². The van der Waals surface area contributed by atoms with Crippen molar-refractivity contribution in [3.8, 4) is 0 Å². The number of hydrogen-bond acceptors (Lipinski definition) is 3. The van der Waals surface area contributed by atoms with E-state index in [1.165, 1.54) is 13.0 Å². The maximum absolute atomic E-state index is 10.8. The van der Waals surface area contributed by atoms with Crippen LogP contribution in [-0.2, 0) is 9.53 Å². The molecular weight excluding hydrogens is 180 g/mol. The van der Waals surface area contributed by atoms with E-state index in [0.29, 0.717) is 0 Å². The van der Waals surface area contributed by atoms with E-state index < -0.39 is 17.7 Å². The molecule has 0 aliphatic rings. The molecule has 0 bridgehead atoms. The first-order valence-corrected chi connectivity index (χ1v) is 4.65. The zero-order chi connectivity index (χ0) is 11.6. The molecule has 2 atom stereocenters. The average molecular weight is 200 g/mol. The van der Waals surface area contributed by atoms with E-state index in [1.54, 1.807) is 6.92 Å². The van der Waals surface area contributed by atoms with Crippen LogP contribution in [0.2, 0.25) is 0 Å². The Morgan fingerprint density at radius 2 is 1.86 bits per heavy atom. The molecule has 82 valence electrons. The van der Waals surface area contributed by atoms with Crippen molar-refractivity contribution in [2.75, 3.05) is 0 Å². The Labute approximate surface area is 85.8 Å². The van der Waals surface area contributed by atoms with Gasteiger partial charge in [0, 0.05) is 6.92 Å². The molecule has 0 aromatic heterocycles. The van der Waals surface area contributed by atoms with Gasteiger partial charge in [-0.15, -0.1) is 0 Å². The highest BCUT2D eigenvalue weighted by Gasteiger charge is 2.43. The Morgan fingerprint density at radius 1 is 1.43 bits per heavy atom. The number of aliphatic hydroxyl groups is 1. The topological polar surface area (TPSA) is 46.5 Å². The lowest BCUT2D eigenvalue weighted by Gasteiger charge is -2.41. The molecule has 1 N–H and O–H groups in total. The van der Waals surface area contributed by atoms with Gasteiger partial charge >= 0.3 is 5.97 Å². The summed E-state index contributed by atoms with van der Waals surface area (Å²) in [4.78, 5) is 10.8. The van der Waals surface area contributed by atoms with Gasteiger partial charge in [0.15, 0.2) is 0 Å². The second-order valence-corrected chi connectivity index (χ2v) is 4.66. The van der Waals surface area contributed by atoms with Crippen LogP contribution in [0.25, 0.3) is 0 Å². The second kappa shape index (κ2) is 4.13. The van der Waals surface area contributed by atoms with Gasteiger partial charge in [0.1, 0.15) is 11.7 Å². The molecular formula is C11H20O3. The first kappa shape index (κ1) is 13.2. The van der Waals surface area contributed by atoms with Crippen LogP contribution in [0.5, 0.6) is 0 Å². The van der Waals surface area contributed by atoms with Crippen LogP contribution in [0.3, 0.4) is 0 Å². The van der Waals surface area contributed by atoms with Crippen molar-refractivity contribution in [3.63, 3.8) is 0 Å². The molecule has 0 aromatic rings. The lowest BCUT2D eigenvalue weighted by molar-refractivity contribution is -0.167. The monoisotopic (exact) mass is 200 g/mol. The number of ether oxygens (including phenoxy) is 1.